The normalized spacial score (nSPS) is 11.7. The molecule has 0 amide bonds. The Morgan fingerprint density at radius 1 is 1.38 bits per heavy atom. The fourth-order valence-electron chi connectivity index (χ4n) is 1.80. The fourth-order valence-corrected chi connectivity index (χ4v) is 3.87. The van der Waals surface area contributed by atoms with Crippen molar-refractivity contribution in [1.82, 2.24) is 9.97 Å². The van der Waals surface area contributed by atoms with E-state index in [1.54, 1.807) is 11.8 Å². The second kappa shape index (κ2) is 6.82. The van der Waals surface area contributed by atoms with Crippen molar-refractivity contribution in [3.8, 4) is 0 Å². The number of benzene rings is 1. The van der Waals surface area contributed by atoms with Gasteiger partial charge in [-0.2, -0.15) is 0 Å². The molecule has 6 heteroatoms. The maximum atomic E-state index is 6.00. The van der Waals surface area contributed by atoms with Gasteiger partial charge in [0.2, 0.25) is 0 Å². The van der Waals surface area contributed by atoms with Crippen LogP contribution in [0.15, 0.2) is 33.6 Å². The number of halogens is 2. The van der Waals surface area contributed by atoms with Crippen molar-refractivity contribution in [2.75, 3.05) is 0 Å². The molecule has 112 valence electrons. The summed E-state index contributed by atoms with van der Waals surface area (Å²) >= 11 is 16.6. The van der Waals surface area contributed by atoms with Gasteiger partial charge in [-0.15, -0.1) is 11.8 Å². The van der Waals surface area contributed by atoms with Gasteiger partial charge in [-0.25, -0.2) is 4.98 Å². The van der Waals surface area contributed by atoms with Crippen LogP contribution in [0.3, 0.4) is 0 Å². The quantitative estimate of drug-likeness (QED) is 0.492. The van der Waals surface area contributed by atoms with Gasteiger partial charge in [0.15, 0.2) is 0 Å². The summed E-state index contributed by atoms with van der Waals surface area (Å²) in [5.74, 6) is 1.60. The molecule has 0 aliphatic heterocycles. The first-order valence-corrected chi connectivity index (χ1v) is 9.01. The van der Waals surface area contributed by atoms with Gasteiger partial charge in [-0.1, -0.05) is 50.7 Å². The lowest BCUT2D eigenvalue weighted by atomic mass is 9.92. The molecule has 2 aromatic rings. The minimum atomic E-state index is -0.0230. The van der Waals surface area contributed by atoms with E-state index in [9.17, 15) is 0 Å². The highest BCUT2D eigenvalue weighted by molar-refractivity contribution is 9.10. The van der Waals surface area contributed by atoms with Crippen molar-refractivity contribution in [2.24, 2.45) is 0 Å². The fraction of sp³-hybridized carbons (Fsp3) is 0.333. The van der Waals surface area contributed by atoms with Crippen molar-refractivity contribution >= 4 is 51.5 Å². The average molecular weight is 404 g/mol. The summed E-state index contributed by atoms with van der Waals surface area (Å²) in [6.45, 7) is 6.44. The van der Waals surface area contributed by atoms with Gasteiger partial charge in [0.05, 0.1) is 10.2 Å². The summed E-state index contributed by atoms with van der Waals surface area (Å²) in [6.07, 6.45) is 0. The second-order valence-corrected chi connectivity index (χ2v) is 8.34. The minimum absolute atomic E-state index is 0.0230. The summed E-state index contributed by atoms with van der Waals surface area (Å²) in [5.41, 5.74) is 1.05. The largest absolute Gasteiger partial charge is 0.345 e. The van der Waals surface area contributed by atoms with Crippen LogP contribution in [0.5, 0.6) is 0 Å². The van der Waals surface area contributed by atoms with Gasteiger partial charge in [-0.05, 0) is 34.1 Å². The lowest BCUT2D eigenvalue weighted by Gasteiger charge is -2.21. The Bertz CT molecular complexity index is 708. The zero-order chi connectivity index (χ0) is 15.6. The third kappa shape index (κ3) is 4.55. The molecule has 0 bridgehead atoms. The molecule has 0 saturated carbocycles. The molecule has 1 aromatic carbocycles. The summed E-state index contributed by atoms with van der Waals surface area (Å²) in [6, 6.07) is 7.80. The molecule has 2 rings (SSSR count). The van der Waals surface area contributed by atoms with Crippen LogP contribution < -0.4 is 0 Å². The highest BCUT2D eigenvalue weighted by atomic mass is 79.9. The molecule has 0 unspecified atom stereocenters. The van der Waals surface area contributed by atoms with Crippen LogP contribution in [0.4, 0.5) is 0 Å². The smallest absolute Gasteiger partial charge is 0.144 e. The van der Waals surface area contributed by atoms with Crippen LogP contribution in [-0.4, -0.2) is 9.97 Å². The molecule has 2 nitrogen and oxygen atoms in total. The van der Waals surface area contributed by atoms with Crippen molar-refractivity contribution in [1.29, 1.82) is 0 Å². The highest BCUT2D eigenvalue weighted by Gasteiger charge is 2.20. The first-order chi connectivity index (χ1) is 9.77. The average Bonchev–Trinajstić information content (AvgIpc) is 2.38. The first kappa shape index (κ1) is 17.0. The molecule has 1 aromatic heterocycles. The summed E-state index contributed by atoms with van der Waals surface area (Å²) in [7, 11) is 0. The zero-order valence-corrected chi connectivity index (χ0v) is 16.0. The van der Waals surface area contributed by atoms with E-state index in [1.807, 2.05) is 24.3 Å². The van der Waals surface area contributed by atoms with E-state index in [2.05, 4.69) is 46.7 Å². The Kier molecular flexibility index (Phi) is 5.52. The van der Waals surface area contributed by atoms with Gasteiger partial charge in [0.25, 0.3) is 0 Å². The Balaban J connectivity index is 2.25. The Morgan fingerprint density at radius 2 is 2.10 bits per heavy atom. The monoisotopic (exact) mass is 402 g/mol. The Labute approximate surface area is 147 Å². The topological polar surface area (TPSA) is 28.7 Å². The molecule has 0 atom stereocenters. The minimum Gasteiger partial charge on any atom is -0.345 e. The van der Waals surface area contributed by atoms with E-state index in [0.717, 1.165) is 31.7 Å². The number of rotatable bonds is 3. The van der Waals surface area contributed by atoms with Crippen molar-refractivity contribution in [3.63, 3.8) is 0 Å². The second-order valence-electron chi connectivity index (χ2n) is 5.67. The zero-order valence-electron chi connectivity index (χ0n) is 12.0. The SMILES string of the molecule is CC(C)(C)c1[nH]c(CSc2cccc(Cl)c2)nc(=S)c1Br. The molecule has 0 radical (unpaired) electrons. The van der Waals surface area contributed by atoms with Crippen LogP contribution in [-0.2, 0) is 11.2 Å². The van der Waals surface area contributed by atoms with Crippen molar-refractivity contribution in [2.45, 2.75) is 36.8 Å². The maximum Gasteiger partial charge on any atom is 0.144 e. The third-order valence-electron chi connectivity index (χ3n) is 2.83. The summed E-state index contributed by atoms with van der Waals surface area (Å²) in [5, 5.41) is 0.743. The molecule has 0 fully saturated rings. The summed E-state index contributed by atoms with van der Waals surface area (Å²) in [4.78, 5) is 8.96. The molecule has 0 aliphatic rings. The van der Waals surface area contributed by atoms with Gasteiger partial charge < -0.3 is 4.98 Å². The predicted octanol–water partition coefficient (Wildman–Crippen LogP) is 6.14. The molecule has 0 aliphatic carbocycles. The van der Waals surface area contributed by atoms with Crippen LogP contribution in [0.25, 0.3) is 0 Å². The molecule has 1 N–H and O–H groups in total. The van der Waals surface area contributed by atoms with Crippen LogP contribution in [0, 0.1) is 4.64 Å². The van der Waals surface area contributed by atoms with Gasteiger partial charge in [0, 0.05) is 21.0 Å². The van der Waals surface area contributed by atoms with Crippen molar-refractivity contribution in [3.05, 3.63) is 49.9 Å². The third-order valence-corrected chi connectivity index (χ3v) is 5.40. The molecule has 0 saturated heterocycles. The van der Waals surface area contributed by atoms with E-state index in [-0.39, 0.29) is 5.41 Å². The lowest BCUT2D eigenvalue weighted by Crippen LogP contribution is -2.16. The molecular formula is C15H16BrClN2S2. The van der Waals surface area contributed by atoms with E-state index in [4.69, 9.17) is 23.8 Å². The van der Waals surface area contributed by atoms with Crippen LogP contribution in [0.1, 0.15) is 32.3 Å². The number of hydrogen-bond acceptors (Lipinski definition) is 3. The highest BCUT2D eigenvalue weighted by Crippen LogP contribution is 2.30. The number of H-pyrrole nitrogens is 1. The molecule has 1 heterocycles. The number of hydrogen-bond donors (Lipinski definition) is 1. The first-order valence-electron chi connectivity index (χ1n) is 6.45. The van der Waals surface area contributed by atoms with Gasteiger partial charge in [0.1, 0.15) is 10.5 Å². The molecule has 0 spiro atoms. The number of nitrogens with one attached hydrogen (secondary N) is 1. The van der Waals surface area contributed by atoms with Gasteiger partial charge >= 0.3 is 0 Å². The summed E-state index contributed by atoms with van der Waals surface area (Å²) < 4.78 is 1.47. The van der Waals surface area contributed by atoms with E-state index in [1.165, 1.54) is 0 Å². The Hall–Kier alpha value is -0.360. The van der Waals surface area contributed by atoms with Crippen molar-refractivity contribution < 1.29 is 0 Å². The van der Waals surface area contributed by atoms with E-state index >= 15 is 0 Å². The number of thioether (sulfide) groups is 1. The number of aromatic amines is 1. The lowest BCUT2D eigenvalue weighted by molar-refractivity contribution is 0.559. The van der Waals surface area contributed by atoms with E-state index in [0.29, 0.717) is 4.64 Å². The molecular weight excluding hydrogens is 388 g/mol. The molecule has 21 heavy (non-hydrogen) atoms. The van der Waals surface area contributed by atoms with Crippen LogP contribution in [0.2, 0.25) is 5.02 Å². The van der Waals surface area contributed by atoms with E-state index < -0.39 is 0 Å². The van der Waals surface area contributed by atoms with Gasteiger partial charge in [-0.3, -0.25) is 0 Å². The number of aromatic nitrogens is 2. The number of nitrogens with zero attached hydrogens (tertiary/aromatic N) is 1. The Morgan fingerprint density at radius 3 is 2.71 bits per heavy atom. The predicted molar refractivity (Wildman–Crippen MR) is 96.8 cm³/mol. The standard InChI is InChI=1S/C15H16BrClN2S2/c1-15(2,3)13-12(16)14(20)19-11(18-13)8-21-10-6-4-5-9(17)7-10/h4-7H,8H2,1-3H3,(H,18,19,20). The maximum absolute atomic E-state index is 6.00. The van der Waals surface area contributed by atoms with Crippen LogP contribution >= 0.6 is 51.5 Å².